The number of nitrogens with zero attached hydrogens (tertiary/aromatic N) is 1. The molecule has 4 heteroatoms. The van der Waals surface area contributed by atoms with Crippen LogP contribution in [0.2, 0.25) is 5.02 Å². The van der Waals surface area contributed by atoms with Gasteiger partial charge in [0.1, 0.15) is 0 Å². The largest absolute Gasteiger partial charge is 0.270 e. The van der Waals surface area contributed by atoms with Crippen molar-refractivity contribution in [1.29, 1.82) is 0 Å². The van der Waals surface area contributed by atoms with Crippen molar-refractivity contribution in [2.24, 2.45) is 0 Å². The number of aryl methyl sites for hydroxylation is 2. The van der Waals surface area contributed by atoms with E-state index in [4.69, 9.17) is 11.6 Å². The molecule has 0 aromatic heterocycles. The summed E-state index contributed by atoms with van der Waals surface area (Å²) in [6.45, 7) is 0. The highest BCUT2D eigenvalue weighted by atomic mass is 35.5. The fourth-order valence-electron chi connectivity index (χ4n) is 1.78. The van der Waals surface area contributed by atoms with Crippen LogP contribution in [0.25, 0.3) is 0 Å². The average molecular weight is 262 g/mol. The number of nitro groups is 1. The lowest BCUT2D eigenvalue weighted by Gasteiger charge is -2.04. The molecular formula is C14H12ClNO2. The van der Waals surface area contributed by atoms with Crippen molar-refractivity contribution in [3.63, 3.8) is 0 Å². The molecule has 0 spiro atoms. The molecule has 0 atom stereocenters. The molecule has 0 bridgehead atoms. The molecule has 0 heterocycles. The molecule has 2 rings (SSSR count). The molecule has 0 saturated carbocycles. The quantitative estimate of drug-likeness (QED) is 0.616. The Morgan fingerprint density at radius 1 is 1.06 bits per heavy atom. The Morgan fingerprint density at radius 2 is 1.78 bits per heavy atom. The second-order valence-corrected chi connectivity index (χ2v) is 4.43. The summed E-state index contributed by atoms with van der Waals surface area (Å²) >= 11 is 6.04. The molecular weight excluding hydrogens is 250 g/mol. The van der Waals surface area contributed by atoms with Gasteiger partial charge in [-0.1, -0.05) is 48.0 Å². The van der Waals surface area contributed by atoms with E-state index < -0.39 is 4.92 Å². The standard InChI is InChI=1S/C14H12ClNO2/c15-14-10-13(16(17)18)9-8-12(14)7-6-11-4-2-1-3-5-11/h1-5,8-10H,6-7H2. The van der Waals surface area contributed by atoms with E-state index in [-0.39, 0.29) is 5.69 Å². The molecule has 18 heavy (non-hydrogen) atoms. The number of hydrogen-bond donors (Lipinski definition) is 0. The molecule has 3 nitrogen and oxygen atoms in total. The minimum Gasteiger partial charge on any atom is -0.258 e. The second kappa shape index (κ2) is 5.65. The third kappa shape index (κ3) is 3.08. The van der Waals surface area contributed by atoms with Gasteiger partial charge in [0.25, 0.3) is 5.69 Å². The summed E-state index contributed by atoms with van der Waals surface area (Å²) in [4.78, 5) is 10.2. The van der Waals surface area contributed by atoms with E-state index in [0.717, 1.165) is 18.4 Å². The molecule has 2 aromatic rings. The zero-order valence-electron chi connectivity index (χ0n) is 9.67. The Kier molecular flexibility index (Phi) is 3.95. The van der Waals surface area contributed by atoms with Crippen LogP contribution in [-0.2, 0) is 12.8 Å². The van der Waals surface area contributed by atoms with Crippen molar-refractivity contribution < 1.29 is 4.92 Å². The van der Waals surface area contributed by atoms with Crippen LogP contribution in [0.15, 0.2) is 48.5 Å². The molecule has 0 aliphatic heterocycles. The number of rotatable bonds is 4. The molecule has 0 radical (unpaired) electrons. The van der Waals surface area contributed by atoms with Gasteiger partial charge in [-0.3, -0.25) is 10.1 Å². The van der Waals surface area contributed by atoms with Gasteiger partial charge in [0.05, 0.1) is 9.95 Å². The summed E-state index contributed by atoms with van der Waals surface area (Å²) in [7, 11) is 0. The topological polar surface area (TPSA) is 43.1 Å². The molecule has 2 aromatic carbocycles. The van der Waals surface area contributed by atoms with Crippen LogP contribution in [0.3, 0.4) is 0 Å². The molecule has 0 aliphatic carbocycles. The SMILES string of the molecule is O=[N+]([O-])c1ccc(CCc2ccccc2)c(Cl)c1. The number of benzene rings is 2. The molecule has 0 fully saturated rings. The predicted molar refractivity (Wildman–Crippen MR) is 72.0 cm³/mol. The highest BCUT2D eigenvalue weighted by Crippen LogP contribution is 2.23. The zero-order valence-corrected chi connectivity index (χ0v) is 10.4. The maximum absolute atomic E-state index is 10.6. The monoisotopic (exact) mass is 261 g/mol. The fourth-order valence-corrected chi connectivity index (χ4v) is 2.05. The van der Waals surface area contributed by atoms with E-state index in [2.05, 4.69) is 12.1 Å². The van der Waals surface area contributed by atoms with E-state index in [1.165, 1.54) is 17.7 Å². The molecule has 0 saturated heterocycles. The summed E-state index contributed by atoms with van der Waals surface area (Å²) in [5.41, 5.74) is 2.20. The maximum Gasteiger partial charge on any atom is 0.270 e. The van der Waals surface area contributed by atoms with Gasteiger partial charge in [0, 0.05) is 12.1 Å². The summed E-state index contributed by atoms with van der Waals surface area (Å²) < 4.78 is 0. The maximum atomic E-state index is 10.6. The third-order valence-corrected chi connectivity index (χ3v) is 3.13. The highest BCUT2D eigenvalue weighted by Gasteiger charge is 2.09. The van der Waals surface area contributed by atoms with Crippen LogP contribution in [0.1, 0.15) is 11.1 Å². The van der Waals surface area contributed by atoms with Crippen LogP contribution in [-0.4, -0.2) is 4.92 Å². The van der Waals surface area contributed by atoms with E-state index in [1.807, 2.05) is 18.2 Å². The van der Waals surface area contributed by atoms with Crippen LogP contribution >= 0.6 is 11.6 Å². The van der Waals surface area contributed by atoms with Crippen molar-refractivity contribution in [2.75, 3.05) is 0 Å². The van der Waals surface area contributed by atoms with Crippen LogP contribution in [0.5, 0.6) is 0 Å². The van der Waals surface area contributed by atoms with Crippen molar-refractivity contribution in [3.05, 3.63) is 74.8 Å². The first-order chi connectivity index (χ1) is 8.66. The third-order valence-electron chi connectivity index (χ3n) is 2.77. The van der Waals surface area contributed by atoms with Gasteiger partial charge < -0.3 is 0 Å². The minimum atomic E-state index is -0.438. The van der Waals surface area contributed by atoms with Crippen molar-refractivity contribution in [2.45, 2.75) is 12.8 Å². The zero-order chi connectivity index (χ0) is 13.0. The lowest BCUT2D eigenvalue weighted by atomic mass is 10.0. The van der Waals surface area contributed by atoms with Gasteiger partial charge >= 0.3 is 0 Å². The summed E-state index contributed by atoms with van der Waals surface area (Å²) in [5.74, 6) is 0. The number of nitro benzene ring substituents is 1. The van der Waals surface area contributed by atoms with Crippen molar-refractivity contribution >= 4 is 17.3 Å². The predicted octanol–water partition coefficient (Wildman–Crippen LogP) is 4.03. The Bertz CT molecular complexity index is 555. The number of hydrogen-bond acceptors (Lipinski definition) is 2. The molecule has 0 aliphatic rings. The van der Waals surface area contributed by atoms with Gasteiger partial charge in [-0.25, -0.2) is 0 Å². The summed E-state index contributed by atoms with van der Waals surface area (Å²) in [6, 6.07) is 14.7. The van der Waals surface area contributed by atoms with E-state index >= 15 is 0 Å². The van der Waals surface area contributed by atoms with E-state index in [9.17, 15) is 10.1 Å². The summed E-state index contributed by atoms with van der Waals surface area (Å²) in [6.07, 6.45) is 1.65. The van der Waals surface area contributed by atoms with Gasteiger partial charge in [-0.15, -0.1) is 0 Å². The minimum absolute atomic E-state index is 0.0310. The Labute approximate surface area is 110 Å². The van der Waals surface area contributed by atoms with Gasteiger partial charge in [-0.05, 0) is 24.0 Å². The molecule has 92 valence electrons. The first kappa shape index (κ1) is 12.6. The lowest BCUT2D eigenvalue weighted by Crippen LogP contribution is -1.94. The smallest absolute Gasteiger partial charge is 0.258 e. The Morgan fingerprint density at radius 3 is 2.39 bits per heavy atom. The normalized spacial score (nSPS) is 10.3. The number of halogens is 1. The van der Waals surface area contributed by atoms with Crippen LogP contribution in [0, 0.1) is 10.1 Å². The van der Waals surface area contributed by atoms with Crippen molar-refractivity contribution in [1.82, 2.24) is 0 Å². The van der Waals surface area contributed by atoms with Crippen molar-refractivity contribution in [3.8, 4) is 0 Å². The van der Waals surface area contributed by atoms with E-state index in [0.29, 0.717) is 5.02 Å². The van der Waals surface area contributed by atoms with Gasteiger partial charge in [0.15, 0.2) is 0 Å². The lowest BCUT2D eigenvalue weighted by molar-refractivity contribution is -0.384. The van der Waals surface area contributed by atoms with Gasteiger partial charge in [-0.2, -0.15) is 0 Å². The average Bonchev–Trinajstić information content (AvgIpc) is 2.38. The molecule has 0 unspecified atom stereocenters. The molecule has 0 N–H and O–H groups in total. The fraction of sp³-hybridized carbons (Fsp3) is 0.143. The second-order valence-electron chi connectivity index (χ2n) is 4.02. The van der Waals surface area contributed by atoms with E-state index in [1.54, 1.807) is 6.07 Å². The molecule has 0 amide bonds. The highest BCUT2D eigenvalue weighted by molar-refractivity contribution is 6.31. The summed E-state index contributed by atoms with van der Waals surface area (Å²) in [5, 5.41) is 11.0. The first-order valence-corrected chi connectivity index (χ1v) is 6.01. The first-order valence-electron chi connectivity index (χ1n) is 5.63. The van der Waals surface area contributed by atoms with Crippen LogP contribution < -0.4 is 0 Å². The Hall–Kier alpha value is -1.87. The Balaban J connectivity index is 2.08. The van der Waals surface area contributed by atoms with Crippen LogP contribution in [0.4, 0.5) is 5.69 Å². The number of non-ortho nitro benzene ring substituents is 1. The van der Waals surface area contributed by atoms with Gasteiger partial charge in [0.2, 0.25) is 0 Å².